The average molecular weight is 556 g/mol. The first kappa shape index (κ1) is 28.7. The number of anilines is 1. The van der Waals surface area contributed by atoms with Crippen LogP contribution in [-0.2, 0) is 26.8 Å². The first-order chi connectivity index (χ1) is 16.8. The maximum Gasteiger partial charge on any atom is 0.230 e. The SMILES string of the molecule is CC1CN(CCC(C)(C(=O)NCc2ccc(N(C)C)cc2)c2ccc(Cl)c(Cl)c2)CCN1S(C)(=O)=O. The maximum absolute atomic E-state index is 13.6. The van der Waals surface area contributed by atoms with Crippen molar-refractivity contribution in [2.75, 3.05) is 51.4 Å². The molecular formula is C26H36Cl2N4O3S. The first-order valence-corrected chi connectivity index (χ1v) is 14.6. The molecule has 2 aromatic carbocycles. The van der Waals surface area contributed by atoms with E-state index in [4.69, 9.17) is 23.2 Å². The summed E-state index contributed by atoms with van der Waals surface area (Å²) in [4.78, 5) is 17.9. The summed E-state index contributed by atoms with van der Waals surface area (Å²) in [6.07, 6.45) is 1.79. The smallest absolute Gasteiger partial charge is 0.230 e. The molecule has 36 heavy (non-hydrogen) atoms. The van der Waals surface area contributed by atoms with Crippen LogP contribution in [0.2, 0.25) is 10.0 Å². The van der Waals surface area contributed by atoms with E-state index in [0.29, 0.717) is 49.2 Å². The summed E-state index contributed by atoms with van der Waals surface area (Å²) < 4.78 is 25.6. The largest absolute Gasteiger partial charge is 0.378 e. The predicted molar refractivity (Wildman–Crippen MR) is 148 cm³/mol. The molecule has 2 aromatic rings. The molecule has 3 rings (SSSR count). The second-order valence-electron chi connectivity index (χ2n) is 9.98. The van der Waals surface area contributed by atoms with Crippen LogP contribution in [0.15, 0.2) is 42.5 Å². The van der Waals surface area contributed by atoms with Gasteiger partial charge in [0.2, 0.25) is 15.9 Å². The van der Waals surface area contributed by atoms with E-state index in [1.807, 2.05) is 63.2 Å². The molecule has 1 heterocycles. The number of carbonyl (C=O) groups excluding carboxylic acids is 1. The van der Waals surface area contributed by atoms with E-state index in [-0.39, 0.29) is 11.9 Å². The van der Waals surface area contributed by atoms with Gasteiger partial charge < -0.3 is 15.1 Å². The number of nitrogens with zero attached hydrogens (tertiary/aromatic N) is 3. The first-order valence-electron chi connectivity index (χ1n) is 12.0. The van der Waals surface area contributed by atoms with Gasteiger partial charge in [0, 0.05) is 52.0 Å². The van der Waals surface area contributed by atoms with E-state index in [2.05, 4.69) is 10.2 Å². The van der Waals surface area contributed by atoms with Gasteiger partial charge in [-0.2, -0.15) is 4.31 Å². The Morgan fingerprint density at radius 3 is 2.33 bits per heavy atom. The van der Waals surface area contributed by atoms with Crippen LogP contribution in [0.3, 0.4) is 0 Å². The lowest BCUT2D eigenvalue weighted by molar-refractivity contribution is -0.126. The van der Waals surface area contributed by atoms with Crippen LogP contribution in [-0.4, -0.2) is 76.1 Å². The number of halogens is 2. The molecule has 0 spiro atoms. The number of carbonyl (C=O) groups is 1. The van der Waals surface area contributed by atoms with Crippen LogP contribution >= 0.6 is 23.2 Å². The molecular weight excluding hydrogens is 519 g/mol. The van der Waals surface area contributed by atoms with Crippen LogP contribution < -0.4 is 10.2 Å². The molecule has 0 saturated carbocycles. The van der Waals surface area contributed by atoms with Crippen molar-refractivity contribution in [1.29, 1.82) is 0 Å². The van der Waals surface area contributed by atoms with Gasteiger partial charge in [0.25, 0.3) is 0 Å². The normalized spacial score (nSPS) is 19.0. The van der Waals surface area contributed by atoms with Crippen molar-refractivity contribution in [3.63, 3.8) is 0 Å². The zero-order chi connectivity index (χ0) is 26.7. The molecule has 1 amide bonds. The minimum atomic E-state index is -3.24. The second kappa shape index (κ2) is 11.7. The van der Waals surface area contributed by atoms with E-state index in [1.54, 1.807) is 12.1 Å². The molecule has 0 bridgehead atoms. The number of sulfonamides is 1. The Labute approximate surface area is 225 Å². The van der Waals surface area contributed by atoms with Crippen molar-refractivity contribution >= 4 is 44.8 Å². The highest BCUT2D eigenvalue weighted by atomic mass is 35.5. The third-order valence-electron chi connectivity index (χ3n) is 6.97. The van der Waals surface area contributed by atoms with Crippen LogP contribution in [0.4, 0.5) is 5.69 Å². The quantitative estimate of drug-likeness (QED) is 0.507. The summed E-state index contributed by atoms with van der Waals surface area (Å²) in [6.45, 7) is 6.57. The fourth-order valence-electron chi connectivity index (χ4n) is 4.61. The number of hydrogen-bond acceptors (Lipinski definition) is 5. The summed E-state index contributed by atoms with van der Waals surface area (Å²) in [7, 11) is 0.739. The lowest BCUT2D eigenvalue weighted by Crippen LogP contribution is -2.54. The van der Waals surface area contributed by atoms with E-state index in [0.717, 1.165) is 16.8 Å². The van der Waals surface area contributed by atoms with Crippen molar-refractivity contribution in [1.82, 2.24) is 14.5 Å². The van der Waals surface area contributed by atoms with Gasteiger partial charge in [0.1, 0.15) is 0 Å². The van der Waals surface area contributed by atoms with Gasteiger partial charge in [-0.3, -0.25) is 4.79 Å². The molecule has 1 saturated heterocycles. The number of amides is 1. The number of nitrogens with one attached hydrogen (secondary N) is 1. The van der Waals surface area contributed by atoms with Crippen molar-refractivity contribution in [3.8, 4) is 0 Å². The molecule has 10 heteroatoms. The van der Waals surface area contributed by atoms with Crippen molar-refractivity contribution in [2.45, 2.75) is 38.3 Å². The Hall–Kier alpha value is -1.84. The Bertz CT molecular complexity index is 1170. The van der Waals surface area contributed by atoms with E-state index in [1.165, 1.54) is 10.6 Å². The van der Waals surface area contributed by atoms with Crippen LogP contribution in [0, 0.1) is 0 Å². The minimum absolute atomic E-state index is 0.0969. The maximum atomic E-state index is 13.6. The Balaban J connectivity index is 1.75. The van der Waals surface area contributed by atoms with Gasteiger partial charge in [0.05, 0.1) is 21.7 Å². The van der Waals surface area contributed by atoms with Crippen LogP contribution in [0.1, 0.15) is 31.4 Å². The Morgan fingerprint density at radius 1 is 1.11 bits per heavy atom. The average Bonchev–Trinajstić information content (AvgIpc) is 2.82. The molecule has 7 nitrogen and oxygen atoms in total. The third kappa shape index (κ3) is 6.92. The van der Waals surface area contributed by atoms with Crippen molar-refractivity contribution in [3.05, 3.63) is 63.6 Å². The molecule has 198 valence electrons. The summed E-state index contributed by atoms with van der Waals surface area (Å²) in [5, 5.41) is 3.95. The molecule has 1 N–H and O–H groups in total. The highest BCUT2D eigenvalue weighted by Gasteiger charge is 2.37. The minimum Gasteiger partial charge on any atom is -0.378 e. The molecule has 0 radical (unpaired) electrons. The highest BCUT2D eigenvalue weighted by molar-refractivity contribution is 7.88. The standard InChI is InChI=1S/C26H36Cl2N4O3S/c1-19-18-31(14-15-32(19)36(5,34)35)13-12-26(2,21-8-11-23(27)24(28)16-21)25(33)29-17-20-6-9-22(10-7-20)30(3)4/h6-11,16,19H,12-15,17-18H2,1-5H3,(H,29,33). The predicted octanol–water partition coefficient (Wildman–Crippen LogP) is 3.99. The summed E-state index contributed by atoms with van der Waals surface area (Å²) >= 11 is 12.5. The zero-order valence-corrected chi connectivity index (χ0v) is 23.9. The number of benzene rings is 2. The number of rotatable bonds is 9. The zero-order valence-electron chi connectivity index (χ0n) is 21.6. The molecule has 0 aliphatic carbocycles. The van der Waals surface area contributed by atoms with E-state index < -0.39 is 15.4 Å². The second-order valence-corrected chi connectivity index (χ2v) is 12.7. The Morgan fingerprint density at radius 2 is 1.78 bits per heavy atom. The van der Waals surface area contributed by atoms with Gasteiger partial charge in [0.15, 0.2) is 0 Å². The van der Waals surface area contributed by atoms with Gasteiger partial charge in [-0.05, 0) is 62.2 Å². The molecule has 1 aliphatic rings. The topological polar surface area (TPSA) is 73.0 Å². The van der Waals surface area contributed by atoms with Gasteiger partial charge in [-0.1, -0.05) is 41.4 Å². The molecule has 1 fully saturated rings. The van der Waals surface area contributed by atoms with Crippen molar-refractivity contribution in [2.24, 2.45) is 0 Å². The number of piperazine rings is 1. The van der Waals surface area contributed by atoms with E-state index in [9.17, 15) is 13.2 Å². The van der Waals surface area contributed by atoms with E-state index >= 15 is 0 Å². The third-order valence-corrected chi connectivity index (χ3v) is 9.10. The van der Waals surface area contributed by atoms with Crippen LogP contribution in [0.5, 0.6) is 0 Å². The van der Waals surface area contributed by atoms with Gasteiger partial charge >= 0.3 is 0 Å². The lowest BCUT2D eigenvalue weighted by Gasteiger charge is -2.40. The summed E-state index contributed by atoms with van der Waals surface area (Å²) in [5.74, 6) is -0.0969. The lowest BCUT2D eigenvalue weighted by atomic mass is 9.78. The Kier molecular flexibility index (Phi) is 9.33. The molecule has 1 aliphatic heterocycles. The fraction of sp³-hybridized carbons (Fsp3) is 0.500. The molecule has 2 unspecified atom stereocenters. The number of hydrogen-bond donors (Lipinski definition) is 1. The highest BCUT2D eigenvalue weighted by Crippen LogP contribution is 2.33. The summed E-state index contributed by atoms with van der Waals surface area (Å²) in [6, 6.07) is 13.3. The fourth-order valence-corrected chi connectivity index (χ4v) is 6.04. The monoisotopic (exact) mass is 554 g/mol. The van der Waals surface area contributed by atoms with Crippen LogP contribution in [0.25, 0.3) is 0 Å². The van der Waals surface area contributed by atoms with Gasteiger partial charge in [-0.15, -0.1) is 0 Å². The molecule has 0 aromatic heterocycles. The van der Waals surface area contributed by atoms with Gasteiger partial charge in [-0.25, -0.2) is 8.42 Å². The summed E-state index contributed by atoms with van der Waals surface area (Å²) in [5.41, 5.74) is 2.04. The van der Waals surface area contributed by atoms with Crippen molar-refractivity contribution < 1.29 is 13.2 Å². The molecule has 2 atom stereocenters.